The summed E-state index contributed by atoms with van der Waals surface area (Å²) in [5.41, 5.74) is 5.81. The molecule has 0 radical (unpaired) electrons. The molecule has 3 rings (SSSR count). The van der Waals surface area contributed by atoms with Gasteiger partial charge in [-0.2, -0.15) is 0 Å². The lowest BCUT2D eigenvalue weighted by atomic mass is 10.0. The summed E-state index contributed by atoms with van der Waals surface area (Å²) in [6.45, 7) is 9.48. The van der Waals surface area contributed by atoms with Gasteiger partial charge in [0.2, 0.25) is 0 Å². The van der Waals surface area contributed by atoms with Crippen molar-refractivity contribution < 1.29 is 4.90 Å². The molecule has 1 aliphatic rings. The first-order valence-corrected chi connectivity index (χ1v) is 9.60. The Balaban J connectivity index is 1.76. The molecular formula is C22H31N2+. The molecule has 2 aromatic carbocycles. The summed E-state index contributed by atoms with van der Waals surface area (Å²) in [6, 6.07) is 17.9. The van der Waals surface area contributed by atoms with E-state index in [0.717, 1.165) is 19.4 Å². The van der Waals surface area contributed by atoms with E-state index in [0.29, 0.717) is 0 Å². The van der Waals surface area contributed by atoms with Crippen molar-refractivity contribution in [2.24, 2.45) is 0 Å². The van der Waals surface area contributed by atoms with Gasteiger partial charge in [-0.15, -0.1) is 0 Å². The van der Waals surface area contributed by atoms with Gasteiger partial charge in [-0.1, -0.05) is 36.4 Å². The van der Waals surface area contributed by atoms with Gasteiger partial charge < -0.3 is 9.80 Å². The van der Waals surface area contributed by atoms with Gasteiger partial charge in [0.05, 0.1) is 19.6 Å². The lowest BCUT2D eigenvalue weighted by Gasteiger charge is -2.27. The molecule has 0 aromatic heterocycles. The van der Waals surface area contributed by atoms with Crippen LogP contribution in [0.4, 0.5) is 11.4 Å². The third kappa shape index (κ3) is 3.81. The first kappa shape index (κ1) is 17.0. The topological polar surface area (TPSA) is 7.68 Å². The smallest absolute Gasteiger partial charge is 0.0771 e. The molecule has 0 saturated carbocycles. The molecular weight excluding hydrogens is 292 g/mol. The van der Waals surface area contributed by atoms with Crippen LogP contribution in [0.1, 0.15) is 37.8 Å². The van der Waals surface area contributed by atoms with E-state index >= 15 is 0 Å². The number of para-hydroxylation sites is 2. The van der Waals surface area contributed by atoms with Crippen LogP contribution in [0, 0.1) is 0 Å². The third-order valence-electron chi connectivity index (χ3n) is 5.39. The summed E-state index contributed by atoms with van der Waals surface area (Å²) in [7, 11) is 0. The SMILES string of the molecule is CC[NH+](CC)CCCCN1c2ccccc2CCc2ccccc21. The standard InChI is InChI=1S/C22H30N2/c1-3-23(4-2)17-9-10-18-24-21-13-7-5-11-19(21)15-16-20-12-6-8-14-22(20)24/h5-8,11-14H,3-4,9-10,15-18H2,1-2H3/p+1. The first-order chi connectivity index (χ1) is 11.8. The zero-order chi connectivity index (χ0) is 16.8. The number of fused-ring (bicyclic) bond motifs is 2. The van der Waals surface area contributed by atoms with Gasteiger partial charge >= 0.3 is 0 Å². The van der Waals surface area contributed by atoms with Crippen LogP contribution in [-0.2, 0) is 12.8 Å². The lowest BCUT2D eigenvalue weighted by Crippen LogP contribution is -3.11. The van der Waals surface area contributed by atoms with Crippen LogP contribution in [0.25, 0.3) is 0 Å². The van der Waals surface area contributed by atoms with Gasteiger partial charge in [0.15, 0.2) is 0 Å². The largest absolute Gasteiger partial charge is 0.341 e. The summed E-state index contributed by atoms with van der Waals surface area (Å²) in [6.07, 6.45) is 4.85. The van der Waals surface area contributed by atoms with Crippen LogP contribution in [0.15, 0.2) is 48.5 Å². The van der Waals surface area contributed by atoms with Crippen molar-refractivity contribution in [3.8, 4) is 0 Å². The highest BCUT2D eigenvalue weighted by Crippen LogP contribution is 2.35. The molecule has 0 saturated heterocycles. The molecule has 0 fully saturated rings. The van der Waals surface area contributed by atoms with Crippen molar-refractivity contribution in [2.75, 3.05) is 31.1 Å². The fourth-order valence-electron chi connectivity index (χ4n) is 3.86. The number of benzene rings is 2. The minimum atomic E-state index is 1.12. The summed E-state index contributed by atoms with van der Waals surface area (Å²) in [5, 5.41) is 0. The van der Waals surface area contributed by atoms with Crippen molar-refractivity contribution in [3.63, 3.8) is 0 Å². The highest BCUT2D eigenvalue weighted by molar-refractivity contribution is 5.71. The Kier molecular flexibility index (Phi) is 5.92. The zero-order valence-corrected chi connectivity index (χ0v) is 15.2. The molecule has 24 heavy (non-hydrogen) atoms. The van der Waals surface area contributed by atoms with Crippen molar-refractivity contribution >= 4 is 11.4 Å². The maximum atomic E-state index is 2.56. The molecule has 1 N–H and O–H groups in total. The Labute approximate surface area is 147 Å². The average Bonchev–Trinajstić information content (AvgIpc) is 2.79. The van der Waals surface area contributed by atoms with Crippen molar-refractivity contribution in [2.45, 2.75) is 39.5 Å². The second-order valence-electron chi connectivity index (χ2n) is 6.82. The number of quaternary nitrogens is 1. The van der Waals surface area contributed by atoms with E-state index in [2.05, 4.69) is 67.3 Å². The van der Waals surface area contributed by atoms with Crippen LogP contribution in [0.5, 0.6) is 0 Å². The summed E-state index contributed by atoms with van der Waals surface area (Å²) in [4.78, 5) is 4.28. The van der Waals surface area contributed by atoms with E-state index < -0.39 is 0 Å². The van der Waals surface area contributed by atoms with E-state index in [1.165, 1.54) is 55.0 Å². The van der Waals surface area contributed by atoms with Crippen LogP contribution in [0.3, 0.4) is 0 Å². The number of unbranched alkanes of at least 4 members (excludes halogenated alkanes) is 1. The zero-order valence-electron chi connectivity index (χ0n) is 15.2. The predicted molar refractivity (Wildman–Crippen MR) is 103 cm³/mol. The van der Waals surface area contributed by atoms with Gasteiger partial charge in [0.25, 0.3) is 0 Å². The highest BCUT2D eigenvalue weighted by atomic mass is 15.1. The number of rotatable bonds is 7. The number of anilines is 2. The van der Waals surface area contributed by atoms with E-state index in [9.17, 15) is 0 Å². The van der Waals surface area contributed by atoms with Gasteiger partial charge in [0.1, 0.15) is 0 Å². The fraction of sp³-hybridized carbons (Fsp3) is 0.455. The average molecular weight is 324 g/mol. The number of nitrogens with one attached hydrogen (secondary N) is 1. The van der Waals surface area contributed by atoms with Crippen molar-refractivity contribution in [1.29, 1.82) is 0 Å². The summed E-state index contributed by atoms with van der Waals surface area (Å²) >= 11 is 0. The molecule has 1 heterocycles. The normalized spacial score (nSPS) is 13.5. The first-order valence-electron chi connectivity index (χ1n) is 9.60. The Bertz CT molecular complexity index is 598. The maximum absolute atomic E-state index is 2.56. The molecule has 0 atom stereocenters. The van der Waals surface area contributed by atoms with Crippen LogP contribution in [-0.4, -0.2) is 26.2 Å². The summed E-state index contributed by atoms with van der Waals surface area (Å²) in [5.74, 6) is 0. The number of hydrogen-bond donors (Lipinski definition) is 1. The minimum Gasteiger partial charge on any atom is -0.341 e. The second kappa shape index (κ2) is 8.34. The van der Waals surface area contributed by atoms with Crippen molar-refractivity contribution in [3.05, 3.63) is 59.7 Å². The van der Waals surface area contributed by atoms with Crippen LogP contribution >= 0.6 is 0 Å². The van der Waals surface area contributed by atoms with Gasteiger partial charge in [-0.05, 0) is 62.8 Å². The van der Waals surface area contributed by atoms with E-state index in [4.69, 9.17) is 0 Å². The second-order valence-corrected chi connectivity index (χ2v) is 6.82. The van der Waals surface area contributed by atoms with Gasteiger partial charge in [-0.25, -0.2) is 0 Å². The Morgan fingerprint density at radius 1 is 0.792 bits per heavy atom. The Morgan fingerprint density at radius 3 is 1.88 bits per heavy atom. The molecule has 2 nitrogen and oxygen atoms in total. The Morgan fingerprint density at radius 2 is 1.33 bits per heavy atom. The fourth-order valence-corrected chi connectivity index (χ4v) is 3.86. The molecule has 0 aliphatic carbocycles. The molecule has 2 heteroatoms. The molecule has 128 valence electrons. The molecule has 2 aromatic rings. The number of hydrogen-bond acceptors (Lipinski definition) is 1. The molecule has 0 unspecified atom stereocenters. The van der Waals surface area contributed by atoms with E-state index in [1.54, 1.807) is 4.90 Å². The van der Waals surface area contributed by atoms with Crippen LogP contribution < -0.4 is 9.80 Å². The van der Waals surface area contributed by atoms with Gasteiger partial charge in [-0.3, -0.25) is 0 Å². The van der Waals surface area contributed by atoms with Crippen molar-refractivity contribution in [1.82, 2.24) is 0 Å². The Hall–Kier alpha value is -1.80. The number of aryl methyl sites for hydroxylation is 2. The minimum absolute atomic E-state index is 1.12. The molecule has 0 bridgehead atoms. The van der Waals surface area contributed by atoms with Crippen LogP contribution in [0.2, 0.25) is 0 Å². The molecule has 0 spiro atoms. The van der Waals surface area contributed by atoms with E-state index in [1.807, 2.05) is 0 Å². The lowest BCUT2D eigenvalue weighted by molar-refractivity contribution is -0.896. The quantitative estimate of drug-likeness (QED) is 0.765. The summed E-state index contributed by atoms with van der Waals surface area (Å²) < 4.78 is 0. The number of nitrogens with zero attached hydrogens (tertiary/aromatic N) is 1. The highest BCUT2D eigenvalue weighted by Gasteiger charge is 2.19. The van der Waals surface area contributed by atoms with Gasteiger partial charge in [0, 0.05) is 17.9 Å². The maximum Gasteiger partial charge on any atom is 0.0771 e. The van der Waals surface area contributed by atoms with E-state index in [-0.39, 0.29) is 0 Å². The molecule has 1 aliphatic heterocycles. The molecule has 0 amide bonds. The predicted octanol–water partition coefficient (Wildman–Crippen LogP) is 3.63. The monoisotopic (exact) mass is 323 g/mol. The third-order valence-corrected chi connectivity index (χ3v) is 5.39.